The molecule has 0 aliphatic rings. The Morgan fingerprint density at radius 2 is 1.74 bits per heavy atom. The van der Waals surface area contributed by atoms with E-state index in [-0.39, 0.29) is 11.3 Å². The third kappa shape index (κ3) is 4.06. The maximum atomic E-state index is 11.8. The van der Waals surface area contributed by atoms with Crippen LogP contribution in [0.5, 0.6) is 0 Å². The van der Waals surface area contributed by atoms with Crippen molar-refractivity contribution in [1.82, 2.24) is 5.32 Å². The zero-order valence-corrected chi connectivity index (χ0v) is 12.9. The van der Waals surface area contributed by atoms with Crippen molar-refractivity contribution in [2.24, 2.45) is 5.73 Å². The number of carbonyl (C=O) groups is 1. The summed E-state index contributed by atoms with van der Waals surface area (Å²) >= 11 is 0. The van der Waals surface area contributed by atoms with Gasteiger partial charge in [0.15, 0.2) is 0 Å². The summed E-state index contributed by atoms with van der Waals surface area (Å²) in [6.45, 7) is 12.5. The van der Waals surface area contributed by atoms with E-state index >= 15 is 0 Å². The SMILES string of the molecule is Cc1ccc(C(C)(C)CNC(=O)C(C)(C)N)cc1C. The molecule has 0 unspecified atom stereocenters. The summed E-state index contributed by atoms with van der Waals surface area (Å²) in [5.41, 5.74) is 8.62. The fraction of sp³-hybridized carbons (Fsp3) is 0.562. The molecule has 0 aromatic heterocycles. The first kappa shape index (κ1) is 15.7. The number of benzene rings is 1. The van der Waals surface area contributed by atoms with E-state index in [4.69, 9.17) is 5.73 Å². The minimum absolute atomic E-state index is 0.112. The number of nitrogens with one attached hydrogen (secondary N) is 1. The maximum Gasteiger partial charge on any atom is 0.239 e. The first-order chi connectivity index (χ1) is 8.54. The summed E-state index contributed by atoms with van der Waals surface area (Å²) in [6, 6.07) is 6.44. The van der Waals surface area contributed by atoms with Crippen molar-refractivity contribution < 1.29 is 4.79 Å². The smallest absolute Gasteiger partial charge is 0.239 e. The van der Waals surface area contributed by atoms with Crippen LogP contribution < -0.4 is 11.1 Å². The summed E-state index contributed by atoms with van der Waals surface area (Å²) in [5, 5.41) is 2.93. The minimum Gasteiger partial charge on any atom is -0.354 e. The van der Waals surface area contributed by atoms with Crippen LogP contribution in [0.25, 0.3) is 0 Å². The summed E-state index contributed by atoms with van der Waals surface area (Å²) < 4.78 is 0. The van der Waals surface area contributed by atoms with Crippen molar-refractivity contribution >= 4 is 5.91 Å². The lowest BCUT2D eigenvalue weighted by Crippen LogP contribution is -2.51. The standard InChI is InChI=1S/C16H26N2O/c1-11-7-8-13(9-12(11)2)15(3,4)10-18-14(19)16(5,6)17/h7-9H,10,17H2,1-6H3,(H,18,19). The number of nitrogens with two attached hydrogens (primary N) is 1. The molecule has 0 radical (unpaired) electrons. The molecule has 19 heavy (non-hydrogen) atoms. The highest BCUT2D eigenvalue weighted by Crippen LogP contribution is 2.24. The van der Waals surface area contributed by atoms with E-state index in [1.807, 2.05) is 0 Å². The Hall–Kier alpha value is -1.35. The van der Waals surface area contributed by atoms with Gasteiger partial charge in [0.05, 0.1) is 5.54 Å². The molecule has 106 valence electrons. The Kier molecular flexibility index (Phi) is 4.41. The van der Waals surface area contributed by atoms with Crippen molar-refractivity contribution in [2.45, 2.75) is 52.5 Å². The summed E-state index contributed by atoms with van der Waals surface area (Å²) in [4.78, 5) is 11.8. The number of carbonyl (C=O) groups excluding carboxylic acids is 1. The highest BCUT2D eigenvalue weighted by Gasteiger charge is 2.26. The molecular formula is C16H26N2O. The van der Waals surface area contributed by atoms with Gasteiger partial charge in [0, 0.05) is 12.0 Å². The van der Waals surface area contributed by atoms with E-state index in [1.54, 1.807) is 13.8 Å². The molecule has 0 saturated heterocycles. The van der Waals surface area contributed by atoms with E-state index in [0.717, 1.165) is 0 Å². The number of amides is 1. The van der Waals surface area contributed by atoms with Gasteiger partial charge in [-0.05, 0) is 44.4 Å². The fourth-order valence-electron chi connectivity index (χ4n) is 1.79. The third-order valence-corrected chi connectivity index (χ3v) is 3.56. The molecule has 0 saturated carbocycles. The molecule has 0 fully saturated rings. The summed E-state index contributed by atoms with van der Waals surface area (Å²) in [5.74, 6) is -0.121. The Balaban J connectivity index is 2.81. The van der Waals surface area contributed by atoms with Crippen LogP contribution in [-0.4, -0.2) is 18.0 Å². The van der Waals surface area contributed by atoms with Gasteiger partial charge >= 0.3 is 0 Å². The second kappa shape index (κ2) is 5.33. The average molecular weight is 262 g/mol. The number of rotatable bonds is 4. The first-order valence-electron chi connectivity index (χ1n) is 6.69. The predicted molar refractivity (Wildman–Crippen MR) is 80.2 cm³/mol. The molecular weight excluding hydrogens is 236 g/mol. The van der Waals surface area contributed by atoms with Crippen LogP contribution in [0.1, 0.15) is 44.4 Å². The van der Waals surface area contributed by atoms with Crippen LogP contribution in [0.4, 0.5) is 0 Å². The minimum atomic E-state index is -0.834. The fourth-order valence-corrected chi connectivity index (χ4v) is 1.79. The molecule has 0 bridgehead atoms. The second-order valence-corrected chi connectivity index (χ2v) is 6.59. The molecule has 1 aromatic rings. The number of aryl methyl sites for hydroxylation is 2. The molecule has 0 spiro atoms. The van der Waals surface area contributed by atoms with Crippen molar-refractivity contribution in [3.8, 4) is 0 Å². The lowest BCUT2D eigenvalue weighted by Gasteiger charge is -2.28. The maximum absolute atomic E-state index is 11.8. The Morgan fingerprint density at radius 3 is 2.21 bits per heavy atom. The van der Waals surface area contributed by atoms with Crippen LogP contribution in [0.3, 0.4) is 0 Å². The molecule has 0 aliphatic heterocycles. The molecule has 3 heteroatoms. The summed E-state index contributed by atoms with van der Waals surface area (Å²) in [6.07, 6.45) is 0. The van der Waals surface area contributed by atoms with Crippen LogP contribution >= 0.6 is 0 Å². The lowest BCUT2D eigenvalue weighted by atomic mass is 9.83. The largest absolute Gasteiger partial charge is 0.354 e. The highest BCUT2D eigenvalue weighted by atomic mass is 16.2. The van der Waals surface area contributed by atoms with E-state index in [0.29, 0.717) is 6.54 Å². The van der Waals surface area contributed by atoms with Gasteiger partial charge in [-0.1, -0.05) is 32.0 Å². The molecule has 0 aliphatic carbocycles. The quantitative estimate of drug-likeness (QED) is 0.875. The van der Waals surface area contributed by atoms with Gasteiger partial charge in [-0.25, -0.2) is 0 Å². The number of hydrogen-bond acceptors (Lipinski definition) is 2. The van der Waals surface area contributed by atoms with E-state index in [2.05, 4.69) is 51.2 Å². The monoisotopic (exact) mass is 262 g/mol. The Morgan fingerprint density at radius 1 is 1.16 bits per heavy atom. The van der Waals surface area contributed by atoms with Gasteiger partial charge in [-0.15, -0.1) is 0 Å². The Labute approximate surface area is 116 Å². The van der Waals surface area contributed by atoms with Gasteiger partial charge in [-0.2, -0.15) is 0 Å². The lowest BCUT2D eigenvalue weighted by molar-refractivity contribution is -0.125. The van der Waals surface area contributed by atoms with Crippen LogP contribution in [0.15, 0.2) is 18.2 Å². The van der Waals surface area contributed by atoms with E-state index < -0.39 is 5.54 Å². The van der Waals surface area contributed by atoms with Crippen molar-refractivity contribution in [1.29, 1.82) is 0 Å². The van der Waals surface area contributed by atoms with Gasteiger partial charge in [0.25, 0.3) is 0 Å². The van der Waals surface area contributed by atoms with Crippen molar-refractivity contribution in [3.63, 3.8) is 0 Å². The zero-order valence-electron chi connectivity index (χ0n) is 12.9. The normalized spacial score (nSPS) is 12.4. The predicted octanol–water partition coefficient (Wildman–Crippen LogP) is 2.43. The van der Waals surface area contributed by atoms with Crippen LogP contribution in [0, 0.1) is 13.8 Å². The Bertz CT molecular complexity index is 470. The van der Waals surface area contributed by atoms with Gasteiger partial charge in [-0.3, -0.25) is 4.79 Å². The highest BCUT2D eigenvalue weighted by molar-refractivity contribution is 5.85. The van der Waals surface area contributed by atoms with E-state index in [1.165, 1.54) is 16.7 Å². The van der Waals surface area contributed by atoms with Crippen LogP contribution in [0.2, 0.25) is 0 Å². The van der Waals surface area contributed by atoms with Gasteiger partial charge in [0.2, 0.25) is 5.91 Å². The average Bonchev–Trinajstić information content (AvgIpc) is 2.28. The number of hydrogen-bond donors (Lipinski definition) is 2. The second-order valence-electron chi connectivity index (χ2n) is 6.59. The summed E-state index contributed by atoms with van der Waals surface area (Å²) in [7, 11) is 0. The van der Waals surface area contributed by atoms with E-state index in [9.17, 15) is 4.79 Å². The molecule has 3 N–H and O–H groups in total. The van der Waals surface area contributed by atoms with Crippen molar-refractivity contribution in [3.05, 3.63) is 34.9 Å². The topological polar surface area (TPSA) is 55.1 Å². The molecule has 3 nitrogen and oxygen atoms in total. The molecule has 1 aromatic carbocycles. The first-order valence-corrected chi connectivity index (χ1v) is 6.69. The van der Waals surface area contributed by atoms with Crippen molar-refractivity contribution in [2.75, 3.05) is 6.54 Å². The molecule has 1 amide bonds. The molecule has 1 rings (SSSR count). The van der Waals surface area contributed by atoms with Gasteiger partial charge < -0.3 is 11.1 Å². The molecule has 0 atom stereocenters. The zero-order chi connectivity index (χ0) is 14.8. The van der Waals surface area contributed by atoms with Gasteiger partial charge in [0.1, 0.15) is 0 Å². The third-order valence-electron chi connectivity index (χ3n) is 3.56. The van der Waals surface area contributed by atoms with Crippen LogP contribution in [-0.2, 0) is 10.2 Å². The molecule has 0 heterocycles.